The third-order valence-electron chi connectivity index (χ3n) is 2.53. The molecule has 1 nitrogen and oxygen atoms in total. The Labute approximate surface area is 69.1 Å². The molecule has 64 valence electrons. The highest BCUT2D eigenvalue weighted by molar-refractivity contribution is 4.98. The van der Waals surface area contributed by atoms with Crippen LogP contribution in [0.25, 0.3) is 0 Å². The van der Waals surface area contributed by atoms with Gasteiger partial charge in [0, 0.05) is 0 Å². The van der Waals surface area contributed by atoms with Crippen LogP contribution in [0, 0.1) is 11.3 Å². The molecule has 1 unspecified atom stereocenters. The molecule has 0 bridgehead atoms. The summed E-state index contributed by atoms with van der Waals surface area (Å²) < 4.78 is 0. The van der Waals surface area contributed by atoms with Crippen LogP contribution in [0.15, 0.2) is 12.2 Å². The van der Waals surface area contributed by atoms with Crippen LogP contribution >= 0.6 is 0 Å². The summed E-state index contributed by atoms with van der Waals surface area (Å²) in [4.78, 5) is 0. The van der Waals surface area contributed by atoms with E-state index in [1.165, 1.54) is 0 Å². The van der Waals surface area contributed by atoms with Gasteiger partial charge in [-0.3, -0.25) is 0 Å². The molecule has 0 amide bonds. The van der Waals surface area contributed by atoms with Gasteiger partial charge in [0.2, 0.25) is 0 Å². The number of rotatable bonds is 0. The molecular weight excluding hydrogens is 136 g/mol. The molecule has 11 heavy (non-hydrogen) atoms. The molecule has 1 aliphatic carbocycles. The lowest BCUT2D eigenvalue weighted by molar-refractivity contribution is 0.124. The zero-order valence-corrected chi connectivity index (χ0v) is 7.67. The molecule has 0 heterocycles. The quantitative estimate of drug-likeness (QED) is 0.531. The van der Waals surface area contributed by atoms with Crippen molar-refractivity contribution in [2.24, 2.45) is 11.3 Å². The van der Waals surface area contributed by atoms with Crippen LogP contribution in [-0.4, -0.2) is 11.2 Å². The topological polar surface area (TPSA) is 20.2 Å². The predicted molar refractivity (Wildman–Crippen MR) is 47.3 cm³/mol. The minimum absolute atomic E-state index is 0.201. The molecular formula is C10H18O. The number of allylic oxidation sites excluding steroid dienone is 1. The van der Waals surface area contributed by atoms with E-state index in [4.69, 9.17) is 0 Å². The van der Waals surface area contributed by atoms with Crippen molar-refractivity contribution in [1.82, 2.24) is 0 Å². The summed E-state index contributed by atoms with van der Waals surface area (Å²) >= 11 is 0. The van der Waals surface area contributed by atoms with Crippen LogP contribution in [-0.2, 0) is 0 Å². The van der Waals surface area contributed by atoms with Gasteiger partial charge in [0.15, 0.2) is 0 Å². The number of hydrogen-bond donors (Lipinski definition) is 1. The highest BCUT2D eigenvalue weighted by Crippen LogP contribution is 2.34. The first-order chi connectivity index (χ1) is 5.00. The average molecular weight is 154 g/mol. The second-order valence-electron chi connectivity index (χ2n) is 4.53. The van der Waals surface area contributed by atoms with Gasteiger partial charge >= 0.3 is 0 Å². The highest BCUT2D eigenvalue weighted by atomic mass is 16.3. The van der Waals surface area contributed by atoms with Gasteiger partial charge in [-0.1, -0.05) is 32.9 Å². The van der Waals surface area contributed by atoms with E-state index in [2.05, 4.69) is 26.8 Å². The van der Waals surface area contributed by atoms with Crippen molar-refractivity contribution >= 4 is 0 Å². The maximum Gasteiger partial charge on any atom is 0.0723 e. The first-order valence-electron chi connectivity index (χ1n) is 4.35. The third kappa shape index (κ3) is 2.33. The zero-order chi connectivity index (χ0) is 8.48. The first kappa shape index (κ1) is 8.79. The largest absolute Gasteiger partial charge is 0.389 e. The van der Waals surface area contributed by atoms with E-state index in [0.29, 0.717) is 11.3 Å². The lowest BCUT2D eigenvalue weighted by Crippen LogP contribution is -2.26. The Bertz CT molecular complexity index is 153. The molecule has 1 aliphatic rings. The van der Waals surface area contributed by atoms with Gasteiger partial charge in [0.1, 0.15) is 0 Å². The summed E-state index contributed by atoms with van der Waals surface area (Å²) in [7, 11) is 0. The van der Waals surface area contributed by atoms with Crippen LogP contribution in [0.1, 0.15) is 33.6 Å². The van der Waals surface area contributed by atoms with Crippen molar-refractivity contribution in [1.29, 1.82) is 0 Å². The second-order valence-corrected chi connectivity index (χ2v) is 4.53. The molecule has 1 N–H and O–H groups in total. The van der Waals surface area contributed by atoms with E-state index in [1.54, 1.807) is 0 Å². The highest BCUT2D eigenvalue weighted by Gasteiger charge is 2.27. The number of aliphatic hydroxyl groups excluding tert-OH is 1. The van der Waals surface area contributed by atoms with Crippen molar-refractivity contribution in [2.45, 2.75) is 39.7 Å². The van der Waals surface area contributed by atoms with Crippen molar-refractivity contribution in [3.63, 3.8) is 0 Å². The molecule has 2 atom stereocenters. The molecule has 0 saturated heterocycles. The lowest BCUT2D eigenvalue weighted by Gasteiger charge is -2.33. The summed E-state index contributed by atoms with van der Waals surface area (Å²) in [5.74, 6) is 0.641. The van der Waals surface area contributed by atoms with E-state index < -0.39 is 0 Å². The molecule has 0 spiro atoms. The fourth-order valence-electron chi connectivity index (χ4n) is 1.57. The molecule has 0 saturated carbocycles. The van der Waals surface area contributed by atoms with Crippen molar-refractivity contribution in [3.05, 3.63) is 12.2 Å². The SMILES string of the molecule is CC(C)(C)[C@@H]1CC=CC(O)C1. The Hall–Kier alpha value is -0.300. The predicted octanol–water partition coefficient (Wildman–Crippen LogP) is 2.36. The third-order valence-corrected chi connectivity index (χ3v) is 2.53. The maximum absolute atomic E-state index is 9.36. The van der Waals surface area contributed by atoms with Crippen molar-refractivity contribution in [2.75, 3.05) is 0 Å². The molecule has 0 aliphatic heterocycles. The summed E-state index contributed by atoms with van der Waals surface area (Å²) in [6.45, 7) is 6.72. The molecule has 0 fully saturated rings. The fraction of sp³-hybridized carbons (Fsp3) is 0.800. The van der Waals surface area contributed by atoms with Gasteiger partial charge in [-0.15, -0.1) is 0 Å². The second kappa shape index (κ2) is 2.98. The normalized spacial score (nSPS) is 32.4. The molecule has 1 rings (SSSR count). The minimum Gasteiger partial charge on any atom is -0.389 e. The van der Waals surface area contributed by atoms with Gasteiger partial charge in [0.25, 0.3) is 0 Å². The summed E-state index contributed by atoms with van der Waals surface area (Å²) in [5.41, 5.74) is 0.339. The van der Waals surface area contributed by atoms with Crippen LogP contribution in [0.2, 0.25) is 0 Å². The summed E-state index contributed by atoms with van der Waals surface area (Å²) in [6.07, 6.45) is 5.86. The number of hydrogen-bond acceptors (Lipinski definition) is 1. The Morgan fingerprint density at radius 1 is 1.36 bits per heavy atom. The Morgan fingerprint density at radius 2 is 2.00 bits per heavy atom. The smallest absolute Gasteiger partial charge is 0.0723 e. The van der Waals surface area contributed by atoms with E-state index >= 15 is 0 Å². The molecule has 0 aromatic carbocycles. The van der Waals surface area contributed by atoms with Gasteiger partial charge in [0.05, 0.1) is 6.10 Å². The van der Waals surface area contributed by atoms with Crippen LogP contribution in [0.3, 0.4) is 0 Å². The van der Waals surface area contributed by atoms with Crippen molar-refractivity contribution in [3.8, 4) is 0 Å². The average Bonchev–Trinajstić information content (AvgIpc) is 1.86. The zero-order valence-electron chi connectivity index (χ0n) is 7.67. The molecule has 0 radical (unpaired) electrons. The van der Waals surface area contributed by atoms with Gasteiger partial charge < -0.3 is 5.11 Å². The minimum atomic E-state index is -0.201. The Balaban J connectivity index is 2.57. The first-order valence-corrected chi connectivity index (χ1v) is 4.35. The lowest BCUT2D eigenvalue weighted by atomic mass is 9.74. The molecule has 0 aromatic heterocycles. The van der Waals surface area contributed by atoms with Crippen LogP contribution < -0.4 is 0 Å². The van der Waals surface area contributed by atoms with Gasteiger partial charge in [-0.05, 0) is 24.2 Å². The van der Waals surface area contributed by atoms with Crippen LogP contribution in [0.4, 0.5) is 0 Å². The molecule has 0 aromatic rings. The van der Waals surface area contributed by atoms with Crippen molar-refractivity contribution < 1.29 is 5.11 Å². The summed E-state index contributed by atoms with van der Waals surface area (Å²) in [6, 6.07) is 0. The monoisotopic (exact) mass is 154 g/mol. The fourth-order valence-corrected chi connectivity index (χ4v) is 1.57. The van der Waals surface area contributed by atoms with E-state index in [9.17, 15) is 5.11 Å². The Kier molecular flexibility index (Phi) is 2.38. The van der Waals surface area contributed by atoms with E-state index in [-0.39, 0.29) is 6.10 Å². The Morgan fingerprint density at radius 3 is 2.36 bits per heavy atom. The summed E-state index contributed by atoms with van der Waals surface area (Å²) in [5, 5.41) is 9.36. The maximum atomic E-state index is 9.36. The van der Waals surface area contributed by atoms with E-state index in [0.717, 1.165) is 12.8 Å². The van der Waals surface area contributed by atoms with Crippen LogP contribution in [0.5, 0.6) is 0 Å². The number of aliphatic hydroxyl groups is 1. The molecule has 1 heteroatoms. The van der Waals surface area contributed by atoms with Gasteiger partial charge in [-0.2, -0.15) is 0 Å². The van der Waals surface area contributed by atoms with E-state index in [1.807, 2.05) is 6.08 Å². The van der Waals surface area contributed by atoms with Gasteiger partial charge in [-0.25, -0.2) is 0 Å². The standard InChI is InChI=1S/C10H18O/c1-10(2,3)8-5-4-6-9(11)7-8/h4,6,8-9,11H,5,7H2,1-3H3/t8-,9?/m1/s1.